The topological polar surface area (TPSA) is 44.4 Å². The molecule has 0 aliphatic carbocycles. The van der Waals surface area contributed by atoms with Crippen LogP contribution in [-0.4, -0.2) is 48.6 Å². The van der Waals surface area contributed by atoms with Crippen molar-refractivity contribution in [3.05, 3.63) is 0 Å². The lowest BCUT2D eigenvalue weighted by Crippen LogP contribution is -2.50. The van der Waals surface area contributed by atoms with Crippen LogP contribution >= 0.6 is 12.4 Å². The molecule has 2 bridgehead atoms. The Morgan fingerprint density at radius 1 is 1.25 bits per heavy atom. The van der Waals surface area contributed by atoms with Gasteiger partial charge in [-0.05, 0) is 45.6 Å². The molecule has 2 rings (SSSR count). The standard InChI is InChI=1S/C15H29N3O.ClH/c1-10(2)11(3)16-15(19)9-18(4)14-7-12-5-6-13(8-14)17-12;/h10-14,17H,5-9H2,1-4H3,(H,16,19);1H. The molecule has 2 saturated heterocycles. The van der Waals surface area contributed by atoms with E-state index in [4.69, 9.17) is 0 Å². The largest absolute Gasteiger partial charge is 0.352 e. The van der Waals surface area contributed by atoms with Crippen LogP contribution < -0.4 is 10.6 Å². The van der Waals surface area contributed by atoms with E-state index in [1.165, 1.54) is 25.7 Å². The number of carbonyl (C=O) groups excluding carboxylic acids is 1. The lowest BCUT2D eigenvalue weighted by atomic mass is 9.98. The van der Waals surface area contributed by atoms with Gasteiger partial charge in [-0.3, -0.25) is 9.69 Å². The number of nitrogens with one attached hydrogen (secondary N) is 2. The van der Waals surface area contributed by atoms with Crippen molar-refractivity contribution in [1.29, 1.82) is 0 Å². The zero-order chi connectivity index (χ0) is 14.0. The molecule has 3 atom stereocenters. The summed E-state index contributed by atoms with van der Waals surface area (Å²) in [7, 11) is 2.09. The van der Waals surface area contributed by atoms with Crippen molar-refractivity contribution in [1.82, 2.24) is 15.5 Å². The maximum absolute atomic E-state index is 12.0. The number of halogens is 1. The van der Waals surface area contributed by atoms with Gasteiger partial charge < -0.3 is 10.6 Å². The van der Waals surface area contributed by atoms with E-state index in [-0.39, 0.29) is 24.4 Å². The minimum absolute atomic E-state index is 0. The van der Waals surface area contributed by atoms with E-state index in [0.717, 1.165) is 0 Å². The highest BCUT2D eigenvalue weighted by atomic mass is 35.5. The molecule has 2 heterocycles. The third-order valence-corrected chi connectivity index (χ3v) is 4.85. The molecule has 0 saturated carbocycles. The van der Waals surface area contributed by atoms with Crippen molar-refractivity contribution in [3.63, 3.8) is 0 Å². The molecular formula is C15H30ClN3O. The number of hydrogen-bond donors (Lipinski definition) is 2. The fourth-order valence-electron chi connectivity index (χ4n) is 3.21. The van der Waals surface area contributed by atoms with Crippen LogP contribution in [0, 0.1) is 5.92 Å². The Morgan fingerprint density at radius 2 is 1.80 bits per heavy atom. The molecule has 2 N–H and O–H groups in total. The molecule has 0 aromatic carbocycles. The summed E-state index contributed by atoms with van der Waals surface area (Å²) in [5.74, 6) is 0.651. The number of nitrogens with zero attached hydrogens (tertiary/aromatic N) is 1. The summed E-state index contributed by atoms with van der Waals surface area (Å²) >= 11 is 0. The third kappa shape index (κ3) is 4.61. The van der Waals surface area contributed by atoms with Crippen LogP contribution in [0.2, 0.25) is 0 Å². The van der Waals surface area contributed by atoms with Gasteiger partial charge in [0, 0.05) is 24.2 Å². The molecule has 0 radical (unpaired) electrons. The second-order valence-electron chi connectivity index (χ2n) is 6.78. The van der Waals surface area contributed by atoms with Crippen LogP contribution in [0.4, 0.5) is 0 Å². The van der Waals surface area contributed by atoms with Crippen molar-refractivity contribution >= 4 is 18.3 Å². The number of amides is 1. The third-order valence-electron chi connectivity index (χ3n) is 4.85. The maximum atomic E-state index is 12.0. The van der Waals surface area contributed by atoms with Gasteiger partial charge in [-0.15, -0.1) is 12.4 Å². The predicted molar refractivity (Wildman–Crippen MR) is 85.3 cm³/mol. The molecular weight excluding hydrogens is 274 g/mol. The van der Waals surface area contributed by atoms with Gasteiger partial charge in [0.25, 0.3) is 0 Å². The van der Waals surface area contributed by atoms with E-state index in [9.17, 15) is 4.79 Å². The molecule has 2 aliphatic heterocycles. The van der Waals surface area contributed by atoms with Crippen LogP contribution in [0.15, 0.2) is 0 Å². The van der Waals surface area contributed by atoms with Crippen molar-refractivity contribution in [2.75, 3.05) is 13.6 Å². The van der Waals surface area contributed by atoms with E-state index in [1.54, 1.807) is 0 Å². The Morgan fingerprint density at radius 3 is 2.30 bits per heavy atom. The monoisotopic (exact) mass is 303 g/mol. The summed E-state index contributed by atoms with van der Waals surface area (Å²) in [4.78, 5) is 14.3. The molecule has 0 aromatic rings. The Kier molecular flexibility index (Phi) is 6.76. The Balaban J connectivity index is 0.00000200. The fraction of sp³-hybridized carbons (Fsp3) is 0.933. The quantitative estimate of drug-likeness (QED) is 0.814. The molecule has 1 amide bonds. The van der Waals surface area contributed by atoms with Gasteiger partial charge in [0.15, 0.2) is 0 Å². The van der Waals surface area contributed by atoms with Crippen molar-refractivity contribution < 1.29 is 4.79 Å². The maximum Gasteiger partial charge on any atom is 0.234 e. The SMILES string of the molecule is CC(C)C(C)NC(=O)CN(C)C1CC2CCC(C1)N2.Cl. The van der Waals surface area contributed by atoms with Gasteiger partial charge in [-0.1, -0.05) is 13.8 Å². The highest BCUT2D eigenvalue weighted by Crippen LogP contribution is 2.29. The van der Waals surface area contributed by atoms with Gasteiger partial charge in [0.05, 0.1) is 6.54 Å². The summed E-state index contributed by atoms with van der Waals surface area (Å²) < 4.78 is 0. The normalized spacial score (nSPS) is 30.2. The second-order valence-corrected chi connectivity index (χ2v) is 6.78. The first-order chi connectivity index (χ1) is 8.95. The van der Waals surface area contributed by atoms with Crippen molar-refractivity contribution in [2.24, 2.45) is 5.92 Å². The predicted octanol–water partition coefficient (Wildman–Crippen LogP) is 1.78. The Labute approximate surface area is 129 Å². The molecule has 3 unspecified atom stereocenters. The van der Waals surface area contributed by atoms with Gasteiger partial charge in [-0.2, -0.15) is 0 Å². The summed E-state index contributed by atoms with van der Waals surface area (Å²) in [6.45, 7) is 6.88. The lowest BCUT2D eigenvalue weighted by molar-refractivity contribution is -0.123. The van der Waals surface area contributed by atoms with Crippen LogP contribution in [0.1, 0.15) is 46.5 Å². The number of hydrogen-bond acceptors (Lipinski definition) is 3. The molecule has 118 valence electrons. The average molecular weight is 304 g/mol. The summed E-state index contributed by atoms with van der Waals surface area (Å²) in [6, 6.07) is 2.19. The van der Waals surface area contributed by atoms with Gasteiger partial charge in [-0.25, -0.2) is 0 Å². The second kappa shape index (κ2) is 7.62. The number of fused-ring (bicyclic) bond motifs is 2. The minimum Gasteiger partial charge on any atom is -0.352 e. The summed E-state index contributed by atoms with van der Waals surface area (Å²) in [5, 5.41) is 6.74. The number of carbonyl (C=O) groups is 1. The zero-order valence-electron chi connectivity index (χ0n) is 13.2. The first-order valence-corrected chi connectivity index (χ1v) is 7.71. The first-order valence-electron chi connectivity index (χ1n) is 7.71. The highest BCUT2D eigenvalue weighted by molar-refractivity contribution is 5.85. The van der Waals surface area contributed by atoms with Gasteiger partial charge >= 0.3 is 0 Å². The number of likely N-dealkylation sites (N-methyl/N-ethyl adjacent to an activating group) is 1. The van der Waals surface area contributed by atoms with Gasteiger partial charge in [0.1, 0.15) is 0 Å². The summed E-state index contributed by atoms with van der Waals surface area (Å²) in [6.07, 6.45) is 5.01. The molecule has 5 heteroatoms. The Hall–Kier alpha value is -0.320. The van der Waals surface area contributed by atoms with Crippen molar-refractivity contribution in [2.45, 2.75) is 70.6 Å². The smallest absolute Gasteiger partial charge is 0.234 e. The minimum atomic E-state index is 0. The Bertz CT molecular complexity index is 312. The van der Waals surface area contributed by atoms with E-state index in [0.29, 0.717) is 30.6 Å². The van der Waals surface area contributed by atoms with Crippen LogP contribution in [-0.2, 0) is 4.79 Å². The molecule has 2 aliphatic rings. The lowest BCUT2D eigenvalue weighted by Gasteiger charge is -2.35. The molecule has 4 nitrogen and oxygen atoms in total. The van der Waals surface area contributed by atoms with Gasteiger partial charge in [0.2, 0.25) is 5.91 Å². The van der Waals surface area contributed by atoms with E-state index in [2.05, 4.69) is 43.4 Å². The number of piperidine rings is 1. The highest BCUT2D eigenvalue weighted by Gasteiger charge is 2.35. The number of rotatable bonds is 5. The van der Waals surface area contributed by atoms with Crippen LogP contribution in [0.5, 0.6) is 0 Å². The fourth-order valence-corrected chi connectivity index (χ4v) is 3.21. The van der Waals surface area contributed by atoms with E-state index < -0.39 is 0 Å². The van der Waals surface area contributed by atoms with E-state index in [1.807, 2.05) is 0 Å². The molecule has 2 fully saturated rings. The van der Waals surface area contributed by atoms with Crippen LogP contribution in [0.3, 0.4) is 0 Å². The molecule has 20 heavy (non-hydrogen) atoms. The summed E-state index contributed by atoms with van der Waals surface area (Å²) in [5.41, 5.74) is 0. The molecule has 0 aromatic heterocycles. The van der Waals surface area contributed by atoms with Crippen LogP contribution in [0.25, 0.3) is 0 Å². The molecule has 0 spiro atoms. The average Bonchev–Trinajstić information content (AvgIpc) is 2.67. The zero-order valence-corrected chi connectivity index (χ0v) is 14.0. The first kappa shape index (κ1) is 17.7. The van der Waals surface area contributed by atoms with E-state index >= 15 is 0 Å². The van der Waals surface area contributed by atoms with Crippen molar-refractivity contribution in [3.8, 4) is 0 Å².